The van der Waals surface area contributed by atoms with Gasteiger partial charge < -0.3 is 10.6 Å². The van der Waals surface area contributed by atoms with Crippen LogP contribution in [0.15, 0.2) is 89.8 Å². The third-order valence-corrected chi connectivity index (χ3v) is 9.42. The lowest BCUT2D eigenvalue weighted by molar-refractivity contribution is -0.133. The van der Waals surface area contributed by atoms with Crippen molar-refractivity contribution >= 4 is 50.5 Å². The van der Waals surface area contributed by atoms with Crippen LogP contribution in [0.4, 0.5) is 11.4 Å². The number of fused-ring (bicyclic) bond motifs is 1. The highest BCUT2D eigenvalue weighted by Gasteiger charge is 2.31. The molecule has 0 aromatic heterocycles. The number of nitrogens with two attached hydrogens (primary N) is 1. The van der Waals surface area contributed by atoms with Gasteiger partial charge in [-0.1, -0.05) is 70.7 Å². The van der Waals surface area contributed by atoms with Crippen LogP contribution in [0.25, 0.3) is 0 Å². The van der Waals surface area contributed by atoms with Gasteiger partial charge in [0.1, 0.15) is 0 Å². The fourth-order valence-corrected chi connectivity index (χ4v) is 6.80. The van der Waals surface area contributed by atoms with Crippen molar-refractivity contribution in [3.63, 3.8) is 0 Å². The molecule has 0 spiro atoms. The number of hydrogen-bond acceptors (Lipinski definition) is 4. The van der Waals surface area contributed by atoms with E-state index in [9.17, 15) is 13.2 Å². The highest BCUT2D eigenvalue weighted by Crippen LogP contribution is 2.36. The molecular weight excluding hydrogens is 565 g/mol. The lowest BCUT2D eigenvalue weighted by Gasteiger charge is -2.25. The van der Waals surface area contributed by atoms with Crippen LogP contribution in [0.5, 0.6) is 0 Å². The van der Waals surface area contributed by atoms with E-state index in [1.54, 1.807) is 65.6 Å². The van der Waals surface area contributed by atoms with Crippen molar-refractivity contribution in [1.82, 2.24) is 4.90 Å². The molecule has 1 aliphatic heterocycles. The van der Waals surface area contributed by atoms with E-state index in [-0.39, 0.29) is 17.2 Å². The monoisotopic (exact) mass is 593 g/mol. The third kappa shape index (κ3) is 5.74. The Hall–Kier alpha value is -3.36. The van der Waals surface area contributed by atoms with Crippen LogP contribution in [0.2, 0.25) is 10.0 Å². The summed E-state index contributed by atoms with van der Waals surface area (Å²) >= 11 is 12.3. The van der Waals surface area contributed by atoms with Gasteiger partial charge in [0.05, 0.1) is 22.3 Å². The summed E-state index contributed by atoms with van der Waals surface area (Å²) in [6.07, 6.45) is 0.281. The molecule has 1 aliphatic rings. The molecule has 4 aromatic rings. The Balaban J connectivity index is 1.43. The second-order valence-electron chi connectivity index (χ2n) is 10.1. The Morgan fingerprint density at radius 3 is 2.10 bits per heavy atom. The number of amides is 1. The molecule has 0 radical (unpaired) electrons. The van der Waals surface area contributed by atoms with Crippen molar-refractivity contribution in [1.29, 1.82) is 0 Å². The summed E-state index contributed by atoms with van der Waals surface area (Å²) in [5.74, 6) is -0.202. The van der Waals surface area contributed by atoms with Gasteiger partial charge in [-0.3, -0.25) is 4.79 Å². The van der Waals surface area contributed by atoms with E-state index in [0.717, 1.165) is 27.8 Å². The zero-order chi connectivity index (χ0) is 28.6. The molecule has 2 N–H and O–H groups in total. The van der Waals surface area contributed by atoms with E-state index < -0.39 is 16.1 Å². The number of benzene rings is 4. The van der Waals surface area contributed by atoms with E-state index in [4.69, 9.17) is 28.9 Å². The van der Waals surface area contributed by atoms with Gasteiger partial charge in [0, 0.05) is 23.1 Å². The van der Waals surface area contributed by atoms with Gasteiger partial charge in [0.25, 0.3) is 10.0 Å². The summed E-state index contributed by atoms with van der Waals surface area (Å²) < 4.78 is 29.2. The molecule has 0 saturated heterocycles. The number of carbonyl (C=O) groups is 1. The van der Waals surface area contributed by atoms with Crippen LogP contribution in [0, 0.1) is 13.8 Å². The van der Waals surface area contributed by atoms with Gasteiger partial charge in [-0.15, -0.1) is 0 Å². The van der Waals surface area contributed by atoms with Crippen LogP contribution in [0.3, 0.4) is 0 Å². The first-order valence-electron chi connectivity index (χ1n) is 12.8. The smallest absolute Gasteiger partial charge is 0.268 e. The van der Waals surface area contributed by atoms with Crippen molar-refractivity contribution < 1.29 is 13.2 Å². The SMILES string of the molecule is Cc1ccc(N(c2ccc3c(c2)CN(C(=O)[C@H](N)Cc2ccc(Cl)cc2Cl)C3)S(=O)(=O)c2ccc(C)cc2)cc1. The van der Waals surface area contributed by atoms with Gasteiger partial charge in [-0.2, -0.15) is 0 Å². The normalized spacial score (nSPS) is 13.7. The summed E-state index contributed by atoms with van der Waals surface area (Å²) in [5, 5.41) is 0.986. The average Bonchev–Trinajstić information content (AvgIpc) is 3.35. The number of anilines is 2. The largest absolute Gasteiger partial charge is 0.333 e. The molecule has 1 atom stereocenters. The average molecular weight is 595 g/mol. The predicted molar refractivity (Wildman–Crippen MR) is 161 cm³/mol. The van der Waals surface area contributed by atoms with Gasteiger partial charge in [-0.25, -0.2) is 12.7 Å². The number of hydrogen-bond donors (Lipinski definition) is 1. The molecule has 6 nitrogen and oxygen atoms in total. The van der Waals surface area contributed by atoms with Gasteiger partial charge >= 0.3 is 0 Å². The van der Waals surface area contributed by atoms with Crippen LogP contribution >= 0.6 is 23.2 Å². The molecular formula is C31H29Cl2N3O3S. The molecule has 1 heterocycles. The number of nitrogens with zero attached hydrogens (tertiary/aromatic N) is 2. The maximum atomic E-state index is 13.9. The fraction of sp³-hybridized carbons (Fsp3) is 0.194. The van der Waals surface area contributed by atoms with Gasteiger partial charge in [-0.05, 0) is 85.5 Å². The molecule has 5 rings (SSSR count). The van der Waals surface area contributed by atoms with Crippen molar-refractivity contribution in [3.8, 4) is 0 Å². The second-order valence-corrected chi connectivity index (χ2v) is 12.7. The first kappa shape index (κ1) is 28.2. The molecule has 4 aromatic carbocycles. The van der Waals surface area contributed by atoms with Gasteiger partial charge in [0.15, 0.2) is 0 Å². The molecule has 206 valence electrons. The molecule has 0 bridgehead atoms. The molecule has 0 unspecified atom stereocenters. The zero-order valence-corrected chi connectivity index (χ0v) is 24.5. The first-order chi connectivity index (χ1) is 19.0. The topological polar surface area (TPSA) is 83.7 Å². The Morgan fingerprint density at radius 2 is 1.45 bits per heavy atom. The van der Waals surface area contributed by atoms with Crippen molar-refractivity contribution in [3.05, 3.63) is 123 Å². The summed E-state index contributed by atoms with van der Waals surface area (Å²) in [7, 11) is -3.93. The molecule has 0 aliphatic carbocycles. The van der Waals surface area contributed by atoms with Crippen LogP contribution in [-0.4, -0.2) is 25.3 Å². The van der Waals surface area contributed by atoms with Crippen molar-refractivity contribution in [2.75, 3.05) is 4.31 Å². The van der Waals surface area contributed by atoms with E-state index in [1.807, 2.05) is 38.1 Å². The maximum Gasteiger partial charge on any atom is 0.268 e. The summed E-state index contributed by atoms with van der Waals surface area (Å²) in [6.45, 7) is 4.59. The Morgan fingerprint density at radius 1 is 0.850 bits per heavy atom. The van der Waals surface area contributed by atoms with Gasteiger partial charge in [0.2, 0.25) is 5.91 Å². The van der Waals surface area contributed by atoms with Crippen LogP contribution in [-0.2, 0) is 34.3 Å². The minimum Gasteiger partial charge on any atom is -0.333 e. The molecule has 0 fully saturated rings. The predicted octanol–water partition coefficient (Wildman–Crippen LogP) is 6.55. The number of sulfonamides is 1. The Labute approximate surface area is 245 Å². The summed E-state index contributed by atoms with van der Waals surface area (Å²) in [5.41, 5.74) is 11.9. The molecule has 1 amide bonds. The number of aryl methyl sites for hydroxylation is 2. The van der Waals surface area contributed by atoms with E-state index in [1.165, 1.54) is 4.31 Å². The first-order valence-corrected chi connectivity index (χ1v) is 15.0. The second kappa shape index (κ2) is 11.3. The van der Waals surface area contributed by atoms with E-state index in [0.29, 0.717) is 34.5 Å². The molecule has 40 heavy (non-hydrogen) atoms. The third-order valence-electron chi connectivity index (χ3n) is 7.06. The molecule has 0 saturated carbocycles. The molecule has 9 heteroatoms. The number of rotatable bonds is 7. The van der Waals surface area contributed by atoms with Crippen LogP contribution in [0.1, 0.15) is 27.8 Å². The summed E-state index contributed by atoms with van der Waals surface area (Å²) in [6, 6.07) is 24.0. The number of carbonyl (C=O) groups excluding carboxylic acids is 1. The minimum atomic E-state index is -3.93. The van der Waals surface area contributed by atoms with Crippen molar-refractivity contribution in [2.45, 2.75) is 44.3 Å². The highest BCUT2D eigenvalue weighted by molar-refractivity contribution is 7.93. The quantitative estimate of drug-likeness (QED) is 0.263. The highest BCUT2D eigenvalue weighted by atomic mass is 35.5. The lowest BCUT2D eigenvalue weighted by atomic mass is 10.1. The standard InChI is InChI=1S/C31H29Cl2N3O3S/c1-20-3-10-26(11-4-20)36(40(38,39)28-13-5-21(2)6-14-28)27-12-8-23-18-35(19-24(23)15-27)31(37)30(34)16-22-7-9-25(32)17-29(22)33/h3-15,17,30H,16,18-19,34H2,1-2H3/t30-/m1/s1. The lowest BCUT2D eigenvalue weighted by Crippen LogP contribution is -2.42. The van der Waals surface area contributed by atoms with Crippen molar-refractivity contribution in [2.24, 2.45) is 5.73 Å². The van der Waals surface area contributed by atoms with E-state index in [2.05, 4.69) is 0 Å². The van der Waals surface area contributed by atoms with Crippen LogP contribution < -0.4 is 10.0 Å². The number of halogens is 2. The zero-order valence-electron chi connectivity index (χ0n) is 22.1. The fourth-order valence-electron chi connectivity index (χ4n) is 4.83. The maximum absolute atomic E-state index is 13.9. The Bertz CT molecular complexity index is 1670. The van der Waals surface area contributed by atoms with E-state index >= 15 is 0 Å². The minimum absolute atomic E-state index is 0.197. The summed E-state index contributed by atoms with van der Waals surface area (Å²) in [4.78, 5) is 15.2. The Kier molecular flexibility index (Phi) is 7.93.